The Morgan fingerprint density at radius 1 is 1.18 bits per heavy atom. The van der Waals surface area contributed by atoms with Crippen LogP contribution in [-0.2, 0) is 16.4 Å². The quantitative estimate of drug-likeness (QED) is 0.717. The van der Waals surface area contributed by atoms with Crippen LogP contribution in [0.15, 0.2) is 59.6 Å². The van der Waals surface area contributed by atoms with Gasteiger partial charge in [0.1, 0.15) is 0 Å². The predicted molar refractivity (Wildman–Crippen MR) is 109 cm³/mol. The zero-order chi connectivity index (χ0) is 19.5. The van der Waals surface area contributed by atoms with E-state index in [1.165, 1.54) is 0 Å². The molecule has 28 heavy (non-hydrogen) atoms. The zero-order valence-electron chi connectivity index (χ0n) is 15.6. The summed E-state index contributed by atoms with van der Waals surface area (Å²) in [7, 11) is -3.68. The van der Waals surface area contributed by atoms with Crippen LogP contribution in [0.25, 0.3) is 16.5 Å². The van der Waals surface area contributed by atoms with Crippen molar-refractivity contribution in [2.45, 2.75) is 24.3 Å². The summed E-state index contributed by atoms with van der Waals surface area (Å²) in [6, 6.07) is 12.8. The van der Waals surface area contributed by atoms with E-state index in [4.69, 9.17) is 0 Å². The van der Waals surface area contributed by atoms with Gasteiger partial charge in [0.2, 0.25) is 10.0 Å². The van der Waals surface area contributed by atoms with Crippen LogP contribution >= 0.6 is 0 Å². The molecule has 0 unspecified atom stereocenters. The minimum absolute atomic E-state index is 0.0773. The van der Waals surface area contributed by atoms with Crippen LogP contribution in [-0.4, -0.2) is 42.0 Å². The van der Waals surface area contributed by atoms with Gasteiger partial charge in [-0.05, 0) is 48.2 Å². The number of sulfonamides is 1. The molecule has 2 heterocycles. The molecule has 0 saturated heterocycles. The van der Waals surface area contributed by atoms with Gasteiger partial charge in [-0.3, -0.25) is 0 Å². The molecule has 2 atom stereocenters. The maximum absolute atomic E-state index is 13.5. The molecule has 144 valence electrons. The Kier molecular flexibility index (Phi) is 3.98. The molecule has 1 aliphatic carbocycles. The first kappa shape index (κ1) is 17.7. The maximum Gasteiger partial charge on any atom is 0.243 e. The van der Waals surface area contributed by atoms with Crippen molar-refractivity contribution < 1.29 is 13.5 Å². The van der Waals surface area contributed by atoms with Crippen LogP contribution in [0.1, 0.15) is 16.7 Å². The highest BCUT2D eigenvalue weighted by molar-refractivity contribution is 7.89. The fourth-order valence-corrected chi connectivity index (χ4v) is 6.16. The second-order valence-corrected chi connectivity index (χ2v) is 9.60. The zero-order valence-corrected chi connectivity index (χ0v) is 16.4. The third-order valence-electron chi connectivity index (χ3n) is 5.91. The van der Waals surface area contributed by atoms with Gasteiger partial charge < -0.3 is 10.1 Å². The summed E-state index contributed by atoms with van der Waals surface area (Å²) in [6.45, 7) is 2.15. The SMILES string of the molecule is Cc1ccc(S(=O)(=O)N2C[C@@H](CO)C=C3c4cccc5[nH]cc(c45)C[C@H]32)cc1. The van der Waals surface area contributed by atoms with Crippen molar-refractivity contribution in [2.75, 3.05) is 13.2 Å². The number of nitrogens with one attached hydrogen (secondary N) is 1. The number of aromatic amines is 1. The van der Waals surface area contributed by atoms with Crippen molar-refractivity contribution in [1.29, 1.82) is 0 Å². The first-order valence-electron chi connectivity index (χ1n) is 9.49. The van der Waals surface area contributed by atoms with Crippen LogP contribution in [0.3, 0.4) is 0 Å². The van der Waals surface area contributed by atoms with E-state index in [0.717, 1.165) is 33.2 Å². The molecule has 5 rings (SSSR count). The molecule has 0 fully saturated rings. The second kappa shape index (κ2) is 6.30. The van der Waals surface area contributed by atoms with Crippen molar-refractivity contribution in [3.8, 4) is 0 Å². The smallest absolute Gasteiger partial charge is 0.243 e. The van der Waals surface area contributed by atoms with Gasteiger partial charge in [0, 0.05) is 29.6 Å². The summed E-state index contributed by atoms with van der Waals surface area (Å²) in [5.74, 6) is -0.220. The second-order valence-electron chi connectivity index (χ2n) is 7.71. The van der Waals surface area contributed by atoms with Crippen molar-refractivity contribution in [1.82, 2.24) is 9.29 Å². The fourth-order valence-electron chi connectivity index (χ4n) is 4.50. The van der Waals surface area contributed by atoms with E-state index in [1.807, 2.05) is 43.5 Å². The maximum atomic E-state index is 13.5. The summed E-state index contributed by atoms with van der Waals surface area (Å²) in [4.78, 5) is 3.60. The summed E-state index contributed by atoms with van der Waals surface area (Å²) in [5, 5.41) is 11.0. The number of hydrogen-bond donors (Lipinski definition) is 2. The van der Waals surface area contributed by atoms with Crippen LogP contribution < -0.4 is 0 Å². The monoisotopic (exact) mass is 394 g/mol. The number of H-pyrrole nitrogens is 1. The van der Waals surface area contributed by atoms with Crippen molar-refractivity contribution >= 4 is 26.5 Å². The number of aryl methyl sites for hydroxylation is 1. The molecule has 0 amide bonds. The summed E-state index contributed by atoms with van der Waals surface area (Å²) in [5.41, 5.74) is 5.28. The Bertz CT molecular complexity index is 1190. The van der Waals surface area contributed by atoms with E-state index in [9.17, 15) is 13.5 Å². The number of aliphatic hydroxyl groups is 1. The first-order chi connectivity index (χ1) is 13.5. The molecule has 6 heteroatoms. The molecule has 2 aliphatic rings. The molecule has 1 aromatic heterocycles. The highest BCUT2D eigenvalue weighted by atomic mass is 32.2. The van der Waals surface area contributed by atoms with E-state index in [1.54, 1.807) is 16.4 Å². The molecule has 5 nitrogen and oxygen atoms in total. The lowest BCUT2D eigenvalue weighted by atomic mass is 9.81. The van der Waals surface area contributed by atoms with Crippen molar-refractivity contribution in [3.05, 3.63) is 71.4 Å². The van der Waals surface area contributed by atoms with Gasteiger partial charge in [0.25, 0.3) is 0 Å². The highest BCUT2D eigenvalue weighted by Gasteiger charge is 2.41. The van der Waals surface area contributed by atoms with Gasteiger partial charge in [-0.25, -0.2) is 8.42 Å². The van der Waals surface area contributed by atoms with E-state index < -0.39 is 10.0 Å². The highest BCUT2D eigenvalue weighted by Crippen LogP contribution is 2.42. The van der Waals surface area contributed by atoms with E-state index in [2.05, 4.69) is 11.1 Å². The number of benzene rings is 2. The normalized spacial score (nSPS) is 22.1. The Balaban J connectivity index is 1.66. The van der Waals surface area contributed by atoms with Crippen LogP contribution in [0, 0.1) is 12.8 Å². The number of rotatable bonds is 3. The fraction of sp³-hybridized carbons (Fsp3) is 0.273. The molecular weight excluding hydrogens is 372 g/mol. The molecule has 0 radical (unpaired) electrons. The molecule has 0 bridgehead atoms. The molecule has 0 saturated carbocycles. The third kappa shape index (κ3) is 2.56. The standard InChI is InChI=1S/C22H22N2O3S/c1-14-5-7-17(8-6-14)28(26,27)24-12-15(13-25)9-19-18-3-2-4-20-22(18)16(11-23-20)10-21(19)24/h2-9,11,15,21,23,25H,10,12-13H2,1H3/t15-,21+/m0/s1. The minimum atomic E-state index is -3.68. The lowest BCUT2D eigenvalue weighted by Crippen LogP contribution is -2.48. The first-order valence-corrected chi connectivity index (χ1v) is 10.9. The summed E-state index contributed by atoms with van der Waals surface area (Å²) in [6.07, 6.45) is 4.68. The summed E-state index contributed by atoms with van der Waals surface area (Å²) >= 11 is 0. The van der Waals surface area contributed by atoms with Gasteiger partial charge in [-0.15, -0.1) is 0 Å². The number of fused-ring (bicyclic) bond motifs is 2. The van der Waals surface area contributed by atoms with Crippen LogP contribution in [0.2, 0.25) is 0 Å². The summed E-state index contributed by atoms with van der Waals surface area (Å²) < 4.78 is 28.6. The Labute approximate surface area is 164 Å². The number of aromatic nitrogens is 1. The molecule has 0 spiro atoms. The predicted octanol–water partition coefficient (Wildman–Crippen LogP) is 3.10. The van der Waals surface area contributed by atoms with Gasteiger partial charge in [-0.1, -0.05) is 35.9 Å². The third-order valence-corrected chi connectivity index (χ3v) is 7.80. The molecule has 1 aliphatic heterocycles. The Morgan fingerprint density at radius 2 is 1.96 bits per heavy atom. The molecule has 2 N–H and O–H groups in total. The number of hydrogen-bond acceptors (Lipinski definition) is 3. The van der Waals surface area contributed by atoms with E-state index >= 15 is 0 Å². The largest absolute Gasteiger partial charge is 0.396 e. The van der Waals surface area contributed by atoms with Crippen LogP contribution in [0.4, 0.5) is 0 Å². The van der Waals surface area contributed by atoms with E-state index in [0.29, 0.717) is 11.3 Å². The Hall–Kier alpha value is -2.41. The molecule has 2 aromatic carbocycles. The van der Waals surface area contributed by atoms with Crippen LogP contribution in [0.5, 0.6) is 0 Å². The van der Waals surface area contributed by atoms with Gasteiger partial charge in [0.05, 0.1) is 17.5 Å². The number of aliphatic hydroxyl groups excluding tert-OH is 1. The van der Waals surface area contributed by atoms with E-state index in [-0.39, 0.29) is 25.1 Å². The molecule has 3 aromatic rings. The van der Waals surface area contributed by atoms with Crippen molar-refractivity contribution in [2.24, 2.45) is 5.92 Å². The molecular formula is C22H22N2O3S. The average molecular weight is 394 g/mol. The van der Waals surface area contributed by atoms with Gasteiger partial charge >= 0.3 is 0 Å². The number of nitrogens with zero attached hydrogens (tertiary/aromatic N) is 1. The van der Waals surface area contributed by atoms with Crippen molar-refractivity contribution in [3.63, 3.8) is 0 Å². The van der Waals surface area contributed by atoms with Gasteiger partial charge in [0.15, 0.2) is 0 Å². The average Bonchev–Trinajstić information content (AvgIpc) is 3.12. The Morgan fingerprint density at radius 3 is 2.71 bits per heavy atom. The minimum Gasteiger partial charge on any atom is -0.396 e. The lowest BCUT2D eigenvalue weighted by Gasteiger charge is -2.40. The van der Waals surface area contributed by atoms with Gasteiger partial charge in [-0.2, -0.15) is 4.31 Å². The topological polar surface area (TPSA) is 73.4 Å². The lowest BCUT2D eigenvalue weighted by molar-refractivity contribution is 0.212.